The molecular formula is C16H22N2O4. The van der Waals surface area contributed by atoms with Gasteiger partial charge in [-0.1, -0.05) is 26.0 Å². The molecule has 0 aliphatic carbocycles. The van der Waals surface area contributed by atoms with Crippen LogP contribution in [0.15, 0.2) is 24.3 Å². The van der Waals surface area contributed by atoms with Gasteiger partial charge in [0.05, 0.1) is 13.5 Å². The van der Waals surface area contributed by atoms with Crippen molar-refractivity contribution in [1.82, 2.24) is 5.32 Å². The van der Waals surface area contributed by atoms with Crippen molar-refractivity contribution in [3.63, 3.8) is 0 Å². The zero-order chi connectivity index (χ0) is 16.7. The summed E-state index contributed by atoms with van der Waals surface area (Å²) in [7, 11) is 2.97. The molecule has 0 saturated carbocycles. The fraction of sp³-hybridized carbons (Fsp3) is 0.438. The van der Waals surface area contributed by atoms with Crippen molar-refractivity contribution in [2.45, 2.75) is 26.3 Å². The van der Waals surface area contributed by atoms with Crippen LogP contribution in [0.2, 0.25) is 0 Å². The molecule has 0 spiro atoms. The largest absolute Gasteiger partial charge is 0.467 e. The number of ketones is 1. The van der Waals surface area contributed by atoms with Gasteiger partial charge in [0.2, 0.25) is 5.91 Å². The Labute approximate surface area is 130 Å². The monoisotopic (exact) mass is 306 g/mol. The van der Waals surface area contributed by atoms with Gasteiger partial charge in [-0.3, -0.25) is 9.59 Å². The topological polar surface area (TPSA) is 84.5 Å². The third-order valence-electron chi connectivity index (χ3n) is 3.26. The second-order valence-electron chi connectivity index (χ2n) is 5.21. The number of rotatable bonds is 7. The number of nitrogens with one attached hydrogen (secondary N) is 2. The second-order valence-corrected chi connectivity index (χ2v) is 5.21. The number of carbonyl (C=O) groups excluding carboxylic acids is 3. The number of hydrogen-bond acceptors (Lipinski definition) is 5. The number of esters is 1. The van der Waals surface area contributed by atoms with Gasteiger partial charge in [0, 0.05) is 18.3 Å². The normalized spacial score (nSPS) is 11.7. The van der Waals surface area contributed by atoms with Crippen LogP contribution in [0, 0.1) is 5.92 Å². The highest BCUT2D eigenvalue weighted by Gasteiger charge is 2.26. The Morgan fingerprint density at radius 1 is 1.18 bits per heavy atom. The van der Waals surface area contributed by atoms with E-state index in [9.17, 15) is 14.4 Å². The molecule has 0 saturated heterocycles. The smallest absolute Gasteiger partial charge is 0.328 e. The molecule has 22 heavy (non-hydrogen) atoms. The van der Waals surface area contributed by atoms with Crippen LogP contribution in [0.4, 0.5) is 5.69 Å². The molecule has 6 nitrogen and oxygen atoms in total. The lowest BCUT2D eigenvalue weighted by molar-refractivity contribution is -0.146. The van der Waals surface area contributed by atoms with E-state index in [4.69, 9.17) is 0 Å². The van der Waals surface area contributed by atoms with Gasteiger partial charge in [-0.2, -0.15) is 0 Å². The highest BCUT2D eigenvalue weighted by Crippen LogP contribution is 2.16. The molecule has 120 valence electrons. The second kappa shape index (κ2) is 8.17. The maximum atomic E-state index is 12.2. The lowest BCUT2D eigenvalue weighted by atomic mass is 10.0. The third-order valence-corrected chi connectivity index (χ3v) is 3.26. The molecule has 0 unspecified atom stereocenters. The first-order chi connectivity index (χ1) is 10.4. The van der Waals surface area contributed by atoms with Crippen LogP contribution in [0.1, 0.15) is 30.6 Å². The summed E-state index contributed by atoms with van der Waals surface area (Å²) in [6.45, 7) is 3.58. The molecule has 1 aromatic rings. The number of methoxy groups -OCH3 is 1. The van der Waals surface area contributed by atoms with Gasteiger partial charge in [-0.05, 0) is 18.1 Å². The van der Waals surface area contributed by atoms with Crippen molar-refractivity contribution in [3.8, 4) is 0 Å². The van der Waals surface area contributed by atoms with Gasteiger partial charge in [-0.25, -0.2) is 4.79 Å². The van der Waals surface area contributed by atoms with E-state index in [2.05, 4.69) is 15.4 Å². The minimum atomic E-state index is -0.759. The highest BCUT2D eigenvalue weighted by molar-refractivity contribution is 6.10. The Balaban J connectivity index is 2.75. The molecule has 0 bridgehead atoms. The van der Waals surface area contributed by atoms with Crippen molar-refractivity contribution < 1.29 is 19.1 Å². The van der Waals surface area contributed by atoms with Crippen LogP contribution in [0.3, 0.4) is 0 Å². The summed E-state index contributed by atoms with van der Waals surface area (Å²) in [4.78, 5) is 35.8. The number of carbonyl (C=O) groups is 3. The van der Waals surface area contributed by atoms with E-state index in [0.29, 0.717) is 11.3 Å². The van der Waals surface area contributed by atoms with E-state index in [0.717, 1.165) is 0 Å². The molecule has 1 rings (SSSR count). The average molecular weight is 306 g/mol. The number of amides is 1. The number of hydrogen-bond donors (Lipinski definition) is 2. The van der Waals surface area contributed by atoms with Crippen molar-refractivity contribution in [2.24, 2.45) is 5.92 Å². The molecule has 0 fully saturated rings. The number of anilines is 1. The molecule has 0 aliphatic heterocycles. The first-order valence-electron chi connectivity index (χ1n) is 7.07. The summed E-state index contributed by atoms with van der Waals surface area (Å²) in [5.41, 5.74) is 1.10. The highest BCUT2D eigenvalue weighted by atomic mass is 16.5. The Bertz CT molecular complexity index is 555. The molecular weight excluding hydrogens is 284 g/mol. The van der Waals surface area contributed by atoms with Crippen LogP contribution in [-0.2, 0) is 14.3 Å². The summed E-state index contributed by atoms with van der Waals surface area (Å²) < 4.78 is 4.65. The van der Waals surface area contributed by atoms with Crippen LogP contribution >= 0.6 is 0 Å². The van der Waals surface area contributed by atoms with Crippen molar-refractivity contribution >= 4 is 23.3 Å². The predicted octanol–water partition coefficient (Wildman–Crippen LogP) is 1.61. The Morgan fingerprint density at radius 2 is 1.82 bits per heavy atom. The molecule has 0 aromatic heterocycles. The Morgan fingerprint density at radius 3 is 2.36 bits per heavy atom. The van der Waals surface area contributed by atoms with E-state index in [1.54, 1.807) is 45.2 Å². The van der Waals surface area contributed by atoms with Gasteiger partial charge in [-0.15, -0.1) is 0 Å². The van der Waals surface area contributed by atoms with Crippen LogP contribution in [0.5, 0.6) is 0 Å². The van der Waals surface area contributed by atoms with Crippen LogP contribution < -0.4 is 10.6 Å². The van der Waals surface area contributed by atoms with Gasteiger partial charge < -0.3 is 15.4 Å². The molecule has 2 N–H and O–H groups in total. The fourth-order valence-electron chi connectivity index (χ4n) is 2.03. The minimum absolute atomic E-state index is 0.129. The summed E-state index contributed by atoms with van der Waals surface area (Å²) in [5.74, 6) is -1.46. The first-order valence-corrected chi connectivity index (χ1v) is 7.07. The third kappa shape index (κ3) is 4.58. The predicted molar refractivity (Wildman–Crippen MR) is 83.7 cm³/mol. The zero-order valence-corrected chi connectivity index (χ0v) is 13.3. The number of Topliss-reactive ketones (excluding diaryl/α,β-unsaturated/α-hetero) is 1. The maximum Gasteiger partial charge on any atom is 0.328 e. The standard InChI is InChI=1S/C16H22N2O4/c1-10(2)15(16(21)22-4)18-14(20)9-13(19)11-7-5-6-8-12(11)17-3/h5-8,10,15,17H,9H2,1-4H3,(H,18,20)/t15-/m0/s1. The maximum absolute atomic E-state index is 12.2. The van der Waals surface area contributed by atoms with Crippen molar-refractivity contribution in [1.29, 1.82) is 0 Å². The molecule has 1 atom stereocenters. The number of para-hydroxylation sites is 1. The molecule has 0 aliphatic rings. The number of benzene rings is 1. The Hall–Kier alpha value is -2.37. The van der Waals surface area contributed by atoms with E-state index in [1.165, 1.54) is 7.11 Å². The SMILES string of the molecule is CNc1ccccc1C(=O)CC(=O)N[C@H](C(=O)OC)C(C)C. The molecule has 1 aromatic carbocycles. The zero-order valence-electron chi connectivity index (χ0n) is 13.3. The lowest BCUT2D eigenvalue weighted by Gasteiger charge is -2.19. The summed E-state index contributed by atoms with van der Waals surface area (Å²) in [6.07, 6.45) is -0.321. The molecule has 1 amide bonds. The van der Waals surface area contributed by atoms with E-state index < -0.39 is 17.9 Å². The first kappa shape index (κ1) is 17.7. The molecule has 0 radical (unpaired) electrons. The van der Waals surface area contributed by atoms with Crippen LogP contribution in [0.25, 0.3) is 0 Å². The molecule has 0 heterocycles. The van der Waals surface area contributed by atoms with Gasteiger partial charge in [0.1, 0.15) is 6.04 Å². The number of ether oxygens (including phenoxy) is 1. The fourth-order valence-corrected chi connectivity index (χ4v) is 2.03. The quantitative estimate of drug-likeness (QED) is 0.454. The van der Waals surface area contributed by atoms with Gasteiger partial charge in [0.15, 0.2) is 5.78 Å². The van der Waals surface area contributed by atoms with Gasteiger partial charge in [0.25, 0.3) is 0 Å². The summed E-state index contributed by atoms with van der Waals surface area (Å²) >= 11 is 0. The van der Waals surface area contributed by atoms with E-state index in [1.807, 2.05) is 0 Å². The molecule has 6 heteroatoms. The lowest BCUT2D eigenvalue weighted by Crippen LogP contribution is -2.45. The Kier molecular flexibility index (Phi) is 6.56. The minimum Gasteiger partial charge on any atom is -0.467 e. The summed E-state index contributed by atoms with van der Waals surface area (Å²) in [6, 6.07) is 6.19. The van der Waals surface area contributed by atoms with E-state index >= 15 is 0 Å². The average Bonchev–Trinajstić information content (AvgIpc) is 2.51. The summed E-state index contributed by atoms with van der Waals surface area (Å²) in [5, 5.41) is 5.46. The van der Waals surface area contributed by atoms with Crippen LogP contribution in [-0.4, -0.2) is 37.9 Å². The van der Waals surface area contributed by atoms with Crippen molar-refractivity contribution in [3.05, 3.63) is 29.8 Å². The van der Waals surface area contributed by atoms with Gasteiger partial charge >= 0.3 is 5.97 Å². The van der Waals surface area contributed by atoms with E-state index in [-0.39, 0.29) is 18.1 Å². The van der Waals surface area contributed by atoms with Crippen molar-refractivity contribution in [2.75, 3.05) is 19.5 Å².